The quantitative estimate of drug-likeness (QED) is 0.745. The average molecular weight is 294 g/mol. The van der Waals surface area contributed by atoms with Crippen LogP contribution in [0, 0.1) is 0 Å². The first-order valence-corrected chi connectivity index (χ1v) is 6.88. The van der Waals surface area contributed by atoms with Crippen LogP contribution in [0.5, 0.6) is 0 Å². The third-order valence-corrected chi connectivity index (χ3v) is 2.98. The maximum Gasteiger partial charge on any atom is 0.338 e. The Morgan fingerprint density at radius 2 is 1.95 bits per heavy atom. The third-order valence-electron chi connectivity index (χ3n) is 2.98. The molecular weight excluding hydrogens is 280 g/mol. The van der Waals surface area contributed by atoms with Crippen LogP contribution in [0.4, 0.5) is 11.6 Å². The van der Waals surface area contributed by atoms with E-state index in [4.69, 9.17) is 4.74 Å². The van der Waals surface area contributed by atoms with Gasteiger partial charge in [-0.15, -0.1) is 0 Å². The van der Waals surface area contributed by atoms with Crippen molar-refractivity contribution in [3.8, 4) is 0 Å². The van der Waals surface area contributed by atoms with Crippen molar-refractivity contribution in [1.82, 2.24) is 15.0 Å². The zero-order valence-electron chi connectivity index (χ0n) is 12.0. The summed E-state index contributed by atoms with van der Waals surface area (Å²) in [5.41, 5.74) is 2.04. The number of esters is 1. The largest absolute Gasteiger partial charge is 0.462 e. The van der Waals surface area contributed by atoms with E-state index >= 15 is 0 Å². The minimum Gasteiger partial charge on any atom is -0.462 e. The molecule has 22 heavy (non-hydrogen) atoms. The number of benzene rings is 1. The van der Waals surface area contributed by atoms with Crippen LogP contribution >= 0.6 is 0 Å². The lowest BCUT2D eigenvalue weighted by Crippen LogP contribution is -2.06. The van der Waals surface area contributed by atoms with Gasteiger partial charge in [-0.25, -0.2) is 14.8 Å². The molecule has 110 valence electrons. The third kappa shape index (κ3) is 3.01. The highest BCUT2D eigenvalue weighted by Crippen LogP contribution is 2.16. The number of anilines is 2. The number of carbonyl (C=O) groups excluding carboxylic acids is 1. The van der Waals surface area contributed by atoms with E-state index in [1.54, 1.807) is 31.5 Å². The second-order valence-electron chi connectivity index (χ2n) is 4.52. The number of aromatic nitrogens is 3. The maximum atomic E-state index is 11.7. The smallest absolute Gasteiger partial charge is 0.338 e. The van der Waals surface area contributed by atoms with Gasteiger partial charge in [0.1, 0.15) is 5.82 Å². The van der Waals surface area contributed by atoms with E-state index in [0.29, 0.717) is 23.8 Å². The van der Waals surface area contributed by atoms with Crippen molar-refractivity contribution in [3.05, 3.63) is 54.4 Å². The van der Waals surface area contributed by atoms with Gasteiger partial charge in [-0.05, 0) is 31.2 Å². The standard InChI is InChI=1S/C16H14N4O2/c1-2-22-16(21)11-7-8-17-14(9-11)20-15-10-18-12-5-3-4-6-13(12)19-15/h3-10H,2H2,1H3,(H,17,19,20). The van der Waals surface area contributed by atoms with Crippen molar-refractivity contribution in [2.75, 3.05) is 11.9 Å². The molecule has 6 heteroatoms. The van der Waals surface area contributed by atoms with Gasteiger partial charge in [0.15, 0.2) is 5.82 Å². The monoisotopic (exact) mass is 294 g/mol. The second kappa shape index (κ2) is 6.17. The molecule has 1 N–H and O–H groups in total. The lowest BCUT2D eigenvalue weighted by molar-refractivity contribution is 0.0526. The number of fused-ring (bicyclic) bond motifs is 1. The van der Waals surface area contributed by atoms with E-state index in [1.807, 2.05) is 24.3 Å². The van der Waals surface area contributed by atoms with Crippen LogP contribution in [-0.2, 0) is 4.74 Å². The number of para-hydroxylation sites is 2. The number of carbonyl (C=O) groups is 1. The summed E-state index contributed by atoms with van der Waals surface area (Å²) >= 11 is 0. The van der Waals surface area contributed by atoms with Gasteiger partial charge in [0.25, 0.3) is 0 Å². The van der Waals surface area contributed by atoms with E-state index in [1.165, 1.54) is 0 Å². The van der Waals surface area contributed by atoms with Gasteiger partial charge in [-0.1, -0.05) is 12.1 Å². The van der Waals surface area contributed by atoms with Crippen molar-refractivity contribution in [2.45, 2.75) is 6.92 Å². The number of nitrogens with one attached hydrogen (secondary N) is 1. The van der Waals surface area contributed by atoms with Gasteiger partial charge in [-0.2, -0.15) is 0 Å². The highest BCUT2D eigenvalue weighted by atomic mass is 16.5. The molecule has 0 saturated heterocycles. The summed E-state index contributed by atoms with van der Waals surface area (Å²) in [6.07, 6.45) is 3.17. The molecule has 2 heterocycles. The topological polar surface area (TPSA) is 77.0 Å². The number of hydrogen-bond acceptors (Lipinski definition) is 6. The van der Waals surface area contributed by atoms with Crippen molar-refractivity contribution < 1.29 is 9.53 Å². The first-order chi connectivity index (χ1) is 10.8. The number of hydrogen-bond donors (Lipinski definition) is 1. The molecule has 0 amide bonds. The van der Waals surface area contributed by atoms with Gasteiger partial charge in [-0.3, -0.25) is 4.98 Å². The van der Waals surface area contributed by atoms with Crippen molar-refractivity contribution in [3.63, 3.8) is 0 Å². The summed E-state index contributed by atoms with van der Waals surface area (Å²) in [7, 11) is 0. The predicted octanol–water partition coefficient (Wildman–Crippen LogP) is 2.95. The summed E-state index contributed by atoms with van der Waals surface area (Å²) in [5, 5.41) is 3.04. The minimum absolute atomic E-state index is 0.333. The molecule has 2 aromatic heterocycles. The van der Waals surface area contributed by atoms with Crippen LogP contribution in [0.1, 0.15) is 17.3 Å². The van der Waals surface area contributed by atoms with Crippen molar-refractivity contribution >= 4 is 28.6 Å². The van der Waals surface area contributed by atoms with Crippen LogP contribution in [0.3, 0.4) is 0 Å². The zero-order chi connectivity index (χ0) is 15.4. The first-order valence-electron chi connectivity index (χ1n) is 6.88. The molecule has 3 aromatic rings. The molecule has 0 saturated carbocycles. The van der Waals surface area contributed by atoms with Gasteiger partial charge in [0.05, 0.1) is 29.4 Å². The molecule has 0 bridgehead atoms. The predicted molar refractivity (Wildman–Crippen MR) is 83.0 cm³/mol. The van der Waals surface area contributed by atoms with E-state index in [-0.39, 0.29) is 5.97 Å². The Hall–Kier alpha value is -3.02. The lowest BCUT2D eigenvalue weighted by atomic mass is 10.2. The Morgan fingerprint density at radius 3 is 2.77 bits per heavy atom. The summed E-state index contributed by atoms with van der Waals surface area (Å²) < 4.78 is 4.97. The normalized spacial score (nSPS) is 10.4. The summed E-state index contributed by atoms with van der Waals surface area (Å²) in [4.78, 5) is 24.7. The molecule has 0 radical (unpaired) electrons. The van der Waals surface area contributed by atoms with Gasteiger partial charge in [0.2, 0.25) is 0 Å². The highest BCUT2D eigenvalue weighted by molar-refractivity contribution is 5.90. The number of nitrogens with zero attached hydrogens (tertiary/aromatic N) is 3. The minimum atomic E-state index is -0.377. The van der Waals surface area contributed by atoms with Crippen LogP contribution < -0.4 is 5.32 Å². The fraction of sp³-hybridized carbons (Fsp3) is 0.125. The molecular formula is C16H14N4O2. The molecule has 0 fully saturated rings. The Labute approximate surface area is 127 Å². The first kappa shape index (κ1) is 13.9. The van der Waals surface area contributed by atoms with Gasteiger partial charge < -0.3 is 10.1 Å². The molecule has 0 aliphatic carbocycles. The van der Waals surface area contributed by atoms with Crippen molar-refractivity contribution in [1.29, 1.82) is 0 Å². The van der Waals surface area contributed by atoms with E-state index < -0.39 is 0 Å². The lowest BCUT2D eigenvalue weighted by Gasteiger charge is -2.07. The molecule has 1 aromatic carbocycles. The Kier molecular flexibility index (Phi) is 3.91. The van der Waals surface area contributed by atoms with Crippen LogP contribution in [0.2, 0.25) is 0 Å². The van der Waals surface area contributed by atoms with Crippen LogP contribution in [0.25, 0.3) is 11.0 Å². The van der Waals surface area contributed by atoms with E-state index in [0.717, 1.165) is 11.0 Å². The van der Waals surface area contributed by atoms with Crippen LogP contribution in [0.15, 0.2) is 48.8 Å². The maximum absolute atomic E-state index is 11.7. The molecule has 0 atom stereocenters. The molecule has 0 aliphatic heterocycles. The Bertz CT molecular complexity index is 820. The Morgan fingerprint density at radius 1 is 1.14 bits per heavy atom. The van der Waals surface area contributed by atoms with E-state index in [9.17, 15) is 4.79 Å². The number of rotatable bonds is 4. The summed E-state index contributed by atoms with van der Waals surface area (Å²) in [5.74, 6) is 0.694. The van der Waals surface area contributed by atoms with Crippen molar-refractivity contribution in [2.24, 2.45) is 0 Å². The second-order valence-corrected chi connectivity index (χ2v) is 4.52. The zero-order valence-corrected chi connectivity index (χ0v) is 12.0. The SMILES string of the molecule is CCOC(=O)c1ccnc(Nc2cnc3ccccc3n2)c1. The fourth-order valence-electron chi connectivity index (χ4n) is 1.99. The Balaban J connectivity index is 1.85. The fourth-order valence-corrected chi connectivity index (χ4v) is 1.99. The van der Waals surface area contributed by atoms with Gasteiger partial charge in [0, 0.05) is 6.20 Å². The van der Waals surface area contributed by atoms with Gasteiger partial charge >= 0.3 is 5.97 Å². The molecule has 0 aliphatic rings. The molecule has 0 unspecified atom stereocenters. The van der Waals surface area contributed by atoms with Crippen LogP contribution in [-0.4, -0.2) is 27.5 Å². The summed E-state index contributed by atoms with van der Waals surface area (Å²) in [6.45, 7) is 2.10. The van der Waals surface area contributed by atoms with E-state index in [2.05, 4.69) is 20.3 Å². The molecule has 6 nitrogen and oxygen atoms in total. The molecule has 0 spiro atoms. The highest BCUT2D eigenvalue weighted by Gasteiger charge is 2.08. The number of ether oxygens (including phenoxy) is 1. The number of pyridine rings is 1. The average Bonchev–Trinajstić information content (AvgIpc) is 2.55. The summed E-state index contributed by atoms with van der Waals surface area (Å²) in [6, 6.07) is 10.8. The molecule has 3 rings (SSSR count).